The summed E-state index contributed by atoms with van der Waals surface area (Å²) in [6.07, 6.45) is 8.52. The van der Waals surface area contributed by atoms with Gasteiger partial charge in [0.15, 0.2) is 0 Å². The van der Waals surface area contributed by atoms with E-state index in [2.05, 4.69) is 24.0 Å². The van der Waals surface area contributed by atoms with Gasteiger partial charge in [-0.1, -0.05) is 0 Å². The molecule has 0 aliphatic heterocycles. The normalized spacial score (nSPS) is 13.2. The molecule has 5 nitrogen and oxygen atoms in total. The summed E-state index contributed by atoms with van der Waals surface area (Å²) < 4.78 is 3.64. The first-order valence-electron chi connectivity index (χ1n) is 6.26. The van der Waals surface area contributed by atoms with E-state index in [9.17, 15) is 5.11 Å². The first kappa shape index (κ1) is 12.8. The maximum Gasteiger partial charge on any atom is 0.0823 e. The molecule has 0 saturated carbocycles. The number of hydrogen-bond donors (Lipinski definition) is 1. The minimum absolute atomic E-state index is 0.323. The van der Waals surface area contributed by atoms with Crippen LogP contribution in [0.1, 0.15) is 43.5 Å². The quantitative estimate of drug-likeness (QED) is 0.878. The Morgan fingerprint density at radius 1 is 1.22 bits per heavy atom. The molecular weight excluding hydrogens is 228 g/mol. The number of rotatable bonds is 5. The lowest BCUT2D eigenvalue weighted by Crippen LogP contribution is -2.01. The summed E-state index contributed by atoms with van der Waals surface area (Å²) in [6.45, 7) is 4.14. The third-order valence-corrected chi connectivity index (χ3v) is 3.00. The van der Waals surface area contributed by atoms with Gasteiger partial charge in [-0.3, -0.25) is 9.36 Å². The highest BCUT2D eigenvalue weighted by molar-refractivity contribution is 5.10. The Balaban J connectivity index is 1.92. The molecule has 0 aromatic carbocycles. The number of aryl methyl sites for hydroxylation is 2. The number of nitrogens with zero attached hydrogens (tertiary/aromatic N) is 4. The lowest BCUT2D eigenvalue weighted by Gasteiger charge is -2.07. The molecule has 0 amide bonds. The van der Waals surface area contributed by atoms with Crippen molar-refractivity contribution >= 4 is 0 Å². The van der Waals surface area contributed by atoms with Crippen LogP contribution >= 0.6 is 0 Å². The molecule has 2 heterocycles. The molecule has 2 aromatic heterocycles. The highest BCUT2D eigenvalue weighted by Crippen LogP contribution is 2.19. The van der Waals surface area contributed by atoms with E-state index in [-0.39, 0.29) is 0 Å². The molecule has 2 rings (SSSR count). The van der Waals surface area contributed by atoms with Crippen molar-refractivity contribution in [2.45, 2.75) is 38.8 Å². The smallest absolute Gasteiger partial charge is 0.0823 e. The summed E-state index contributed by atoms with van der Waals surface area (Å²) in [5, 5.41) is 18.5. The van der Waals surface area contributed by atoms with E-state index in [1.54, 1.807) is 10.9 Å². The molecule has 0 saturated heterocycles. The topological polar surface area (TPSA) is 55.9 Å². The van der Waals surface area contributed by atoms with E-state index >= 15 is 0 Å². The number of aliphatic hydroxyl groups excluding tert-OH is 1. The van der Waals surface area contributed by atoms with Gasteiger partial charge >= 0.3 is 0 Å². The minimum Gasteiger partial charge on any atom is -0.388 e. The maximum atomic E-state index is 10.1. The van der Waals surface area contributed by atoms with Gasteiger partial charge in [-0.25, -0.2) is 0 Å². The second-order valence-electron chi connectivity index (χ2n) is 4.92. The summed E-state index contributed by atoms with van der Waals surface area (Å²) >= 11 is 0. The zero-order valence-corrected chi connectivity index (χ0v) is 11.1. The van der Waals surface area contributed by atoms with Crippen LogP contribution in [0.3, 0.4) is 0 Å². The third kappa shape index (κ3) is 2.98. The zero-order valence-electron chi connectivity index (χ0n) is 11.1. The number of aliphatic hydroxyl groups is 1. The molecular formula is C13H20N4O. The predicted molar refractivity (Wildman–Crippen MR) is 69.1 cm³/mol. The molecule has 18 heavy (non-hydrogen) atoms. The van der Waals surface area contributed by atoms with E-state index in [0.29, 0.717) is 12.5 Å². The first-order chi connectivity index (χ1) is 8.56. The van der Waals surface area contributed by atoms with Gasteiger partial charge in [-0.05, 0) is 32.3 Å². The van der Waals surface area contributed by atoms with Crippen LogP contribution in [0.4, 0.5) is 0 Å². The fraction of sp³-hybridized carbons (Fsp3) is 0.538. The average molecular weight is 248 g/mol. The van der Waals surface area contributed by atoms with E-state index in [4.69, 9.17) is 0 Å². The van der Waals surface area contributed by atoms with E-state index in [1.165, 1.54) is 0 Å². The number of hydrogen-bond acceptors (Lipinski definition) is 3. The Hall–Kier alpha value is -1.62. The molecule has 1 atom stereocenters. The predicted octanol–water partition coefficient (Wildman–Crippen LogP) is 1.86. The highest BCUT2D eigenvalue weighted by Gasteiger charge is 2.11. The van der Waals surface area contributed by atoms with Gasteiger partial charge in [0, 0.05) is 31.0 Å². The van der Waals surface area contributed by atoms with Crippen molar-refractivity contribution in [1.82, 2.24) is 19.6 Å². The second kappa shape index (κ2) is 5.35. The van der Waals surface area contributed by atoms with Gasteiger partial charge in [0.05, 0.1) is 18.5 Å². The molecule has 0 bridgehead atoms. The molecule has 98 valence electrons. The van der Waals surface area contributed by atoms with Gasteiger partial charge in [0.1, 0.15) is 0 Å². The maximum absolute atomic E-state index is 10.1. The van der Waals surface area contributed by atoms with Gasteiger partial charge in [-0.15, -0.1) is 0 Å². The Morgan fingerprint density at radius 2 is 2.00 bits per heavy atom. The van der Waals surface area contributed by atoms with Gasteiger partial charge in [0.2, 0.25) is 0 Å². The molecule has 0 aliphatic rings. The molecule has 2 aromatic rings. The molecule has 0 radical (unpaired) electrons. The average Bonchev–Trinajstić information content (AvgIpc) is 2.94. The molecule has 1 N–H and O–H groups in total. The van der Waals surface area contributed by atoms with Crippen LogP contribution in [-0.4, -0.2) is 24.7 Å². The summed E-state index contributed by atoms with van der Waals surface area (Å²) in [6, 6.07) is 0.323. The monoisotopic (exact) mass is 248 g/mol. The van der Waals surface area contributed by atoms with Crippen molar-refractivity contribution in [3.63, 3.8) is 0 Å². The molecule has 0 aliphatic carbocycles. The Bertz CT molecular complexity index is 501. The molecule has 5 heteroatoms. The Kier molecular flexibility index (Phi) is 3.81. The van der Waals surface area contributed by atoms with Crippen molar-refractivity contribution in [2.75, 3.05) is 0 Å². The number of aromatic nitrogens is 4. The van der Waals surface area contributed by atoms with Gasteiger partial charge in [0.25, 0.3) is 0 Å². The van der Waals surface area contributed by atoms with Crippen LogP contribution in [0, 0.1) is 0 Å². The van der Waals surface area contributed by atoms with Crippen LogP contribution in [0.25, 0.3) is 0 Å². The van der Waals surface area contributed by atoms with Crippen molar-refractivity contribution in [1.29, 1.82) is 0 Å². The fourth-order valence-electron chi connectivity index (χ4n) is 1.88. The largest absolute Gasteiger partial charge is 0.388 e. The first-order valence-corrected chi connectivity index (χ1v) is 6.26. The van der Waals surface area contributed by atoms with Gasteiger partial charge < -0.3 is 5.11 Å². The van der Waals surface area contributed by atoms with Crippen LogP contribution < -0.4 is 0 Å². The molecule has 0 spiro atoms. The zero-order chi connectivity index (χ0) is 13.1. The standard InChI is InChI=1S/C13H20N4O/c1-10(2)17-9-12(7-15-17)13(18)5-4-11-6-14-16(3)8-11/h6-10,13,18H,4-5H2,1-3H3. The Labute approximate surface area is 107 Å². The minimum atomic E-state index is -0.460. The summed E-state index contributed by atoms with van der Waals surface area (Å²) in [4.78, 5) is 0. The highest BCUT2D eigenvalue weighted by atomic mass is 16.3. The fourth-order valence-corrected chi connectivity index (χ4v) is 1.88. The SMILES string of the molecule is CC(C)n1cc(C(O)CCc2cnn(C)c2)cn1. The summed E-state index contributed by atoms with van der Waals surface area (Å²) in [5.41, 5.74) is 2.03. The second-order valence-corrected chi connectivity index (χ2v) is 4.92. The van der Waals surface area contributed by atoms with Crippen molar-refractivity contribution < 1.29 is 5.11 Å². The molecule has 0 fully saturated rings. The molecule has 1 unspecified atom stereocenters. The summed E-state index contributed by atoms with van der Waals surface area (Å²) in [7, 11) is 1.90. The lowest BCUT2D eigenvalue weighted by atomic mass is 10.1. The van der Waals surface area contributed by atoms with Crippen LogP contribution in [0.5, 0.6) is 0 Å². The van der Waals surface area contributed by atoms with Gasteiger partial charge in [-0.2, -0.15) is 10.2 Å². The van der Waals surface area contributed by atoms with Crippen LogP contribution in [0.15, 0.2) is 24.8 Å². The third-order valence-electron chi connectivity index (χ3n) is 3.00. The van der Waals surface area contributed by atoms with E-state index in [1.807, 2.05) is 30.3 Å². The van der Waals surface area contributed by atoms with Crippen molar-refractivity contribution in [3.05, 3.63) is 35.9 Å². The van der Waals surface area contributed by atoms with Crippen LogP contribution in [-0.2, 0) is 13.5 Å². The van der Waals surface area contributed by atoms with Crippen LogP contribution in [0.2, 0.25) is 0 Å². The summed E-state index contributed by atoms with van der Waals surface area (Å²) in [5.74, 6) is 0. The van der Waals surface area contributed by atoms with E-state index in [0.717, 1.165) is 17.5 Å². The van der Waals surface area contributed by atoms with Crippen molar-refractivity contribution in [3.8, 4) is 0 Å². The Morgan fingerprint density at radius 3 is 2.56 bits per heavy atom. The van der Waals surface area contributed by atoms with Crippen molar-refractivity contribution in [2.24, 2.45) is 7.05 Å². The van der Waals surface area contributed by atoms with E-state index < -0.39 is 6.10 Å². The lowest BCUT2D eigenvalue weighted by molar-refractivity contribution is 0.167.